The summed E-state index contributed by atoms with van der Waals surface area (Å²) in [6.07, 6.45) is 0. The summed E-state index contributed by atoms with van der Waals surface area (Å²) in [7, 11) is 0. The van der Waals surface area contributed by atoms with Crippen LogP contribution in [0.1, 0.15) is 15.9 Å². The summed E-state index contributed by atoms with van der Waals surface area (Å²) < 4.78 is 5.47. The number of carbonyl (C=O) groups is 2. The molecule has 0 bridgehead atoms. The minimum absolute atomic E-state index is 0.0295. The minimum Gasteiger partial charge on any atom is -0.483 e. The number of rotatable bonds is 5. The number of benzene rings is 3. The highest BCUT2D eigenvalue weighted by Gasteiger charge is 2.14. The lowest BCUT2D eigenvalue weighted by atomic mass is 10.1. The van der Waals surface area contributed by atoms with Gasteiger partial charge in [-0.1, -0.05) is 42.0 Å². The van der Waals surface area contributed by atoms with Gasteiger partial charge in [-0.15, -0.1) is 0 Å². The van der Waals surface area contributed by atoms with Crippen molar-refractivity contribution in [1.82, 2.24) is 0 Å². The number of amides is 1. The Morgan fingerprint density at radius 1 is 1.00 bits per heavy atom. The van der Waals surface area contributed by atoms with E-state index < -0.39 is 5.97 Å². The Labute approximate surface area is 144 Å². The van der Waals surface area contributed by atoms with Crippen molar-refractivity contribution in [3.63, 3.8) is 0 Å². The number of carboxylic acid groups (broad SMARTS) is 1. The molecule has 0 atom stereocenters. The van der Waals surface area contributed by atoms with Crippen LogP contribution in [0.5, 0.6) is 5.75 Å². The Kier molecular flexibility index (Phi) is 4.66. The Morgan fingerprint density at radius 2 is 1.64 bits per heavy atom. The van der Waals surface area contributed by atoms with Gasteiger partial charge >= 0.3 is 5.97 Å². The normalized spacial score (nSPS) is 10.4. The number of aryl methyl sites for hydroxylation is 1. The summed E-state index contributed by atoms with van der Waals surface area (Å²) in [4.78, 5) is 23.5. The predicted octanol–water partition coefficient (Wildman–Crippen LogP) is 3.86. The molecule has 0 fully saturated rings. The maximum atomic E-state index is 12.0. The Morgan fingerprint density at radius 3 is 2.28 bits per heavy atom. The highest BCUT2D eigenvalue weighted by molar-refractivity contribution is 5.98. The van der Waals surface area contributed by atoms with Gasteiger partial charge in [0.25, 0.3) is 5.91 Å². The fourth-order valence-electron chi connectivity index (χ4n) is 2.48. The molecule has 0 aliphatic carbocycles. The lowest BCUT2D eigenvalue weighted by Gasteiger charge is -2.11. The van der Waals surface area contributed by atoms with E-state index in [1.165, 1.54) is 0 Å². The van der Waals surface area contributed by atoms with E-state index in [0.29, 0.717) is 5.69 Å². The van der Waals surface area contributed by atoms with Gasteiger partial charge in [0.05, 0.1) is 0 Å². The SMILES string of the molecule is Cc1ccc(NC(=O)COc2cc3ccccc3cc2C(=O)O)cc1. The van der Waals surface area contributed by atoms with Crippen molar-refractivity contribution >= 4 is 28.3 Å². The van der Waals surface area contributed by atoms with Gasteiger partial charge in [0.15, 0.2) is 6.61 Å². The summed E-state index contributed by atoms with van der Waals surface area (Å²) >= 11 is 0. The van der Waals surface area contributed by atoms with Crippen molar-refractivity contribution in [2.75, 3.05) is 11.9 Å². The molecule has 0 heterocycles. The van der Waals surface area contributed by atoms with Gasteiger partial charge in [-0.25, -0.2) is 4.79 Å². The maximum Gasteiger partial charge on any atom is 0.339 e. The van der Waals surface area contributed by atoms with E-state index in [9.17, 15) is 14.7 Å². The molecule has 1 amide bonds. The Bertz CT molecular complexity index is 932. The van der Waals surface area contributed by atoms with Crippen molar-refractivity contribution in [3.8, 4) is 5.75 Å². The van der Waals surface area contributed by atoms with Crippen LogP contribution in [0.3, 0.4) is 0 Å². The standard InChI is InChI=1S/C20H17NO4/c1-13-6-8-16(9-7-13)21-19(22)12-25-18-11-15-5-3-2-4-14(15)10-17(18)20(23)24/h2-11H,12H2,1H3,(H,21,22)(H,23,24). The molecule has 0 saturated carbocycles. The number of fused-ring (bicyclic) bond motifs is 1. The first-order valence-electron chi connectivity index (χ1n) is 7.78. The van der Waals surface area contributed by atoms with Crippen LogP contribution >= 0.6 is 0 Å². The van der Waals surface area contributed by atoms with Gasteiger partial charge in [-0.2, -0.15) is 0 Å². The molecular formula is C20H17NO4. The van der Waals surface area contributed by atoms with E-state index in [1.54, 1.807) is 24.3 Å². The van der Waals surface area contributed by atoms with Crippen LogP contribution in [0, 0.1) is 6.92 Å². The second-order valence-corrected chi connectivity index (χ2v) is 5.70. The highest BCUT2D eigenvalue weighted by atomic mass is 16.5. The molecule has 5 nitrogen and oxygen atoms in total. The fourth-order valence-corrected chi connectivity index (χ4v) is 2.48. The van der Waals surface area contributed by atoms with Crippen molar-refractivity contribution in [2.45, 2.75) is 6.92 Å². The molecule has 0 saturated heterocycles. The van der Waals surface area contributed by atoms with Crippen LogP contribution in [-0.4, -0.2) is 23.6 Å². The molecule has 25 heavy (non-hydrogen) atoms. The lowest BCUT2D eigenvalue weighted by molar-refractivity contribution is -0.118. The zero-order chi connectivity index (χ0) is 17.8. The van der Waals surface area contributed by atoms with Gasteiger partial charge in [0, 0.05) is 5.69 Å². The Balaban J connectivity index is 1.75. The Hall–Kier alpha value is -3.34. The second-order valence-electron chi connectivity index (χ2n) is 5.70. The largest absolute Gasteiger partial charge is 0.483 e. The third-order valence-electron chi connectivity index (χ3n) is 3.77. The van der Waals surface area contributed by atoms with Crippen LogP contribution in [0.25, 0.3) is 10.8 Å². The van der Waals surface area contributed by atoms with Crippen molar-refractivity contribution in [3.05, 3.63) is 71.8 Å². The summed E-state index contributed by atoms with van der Waals surface area (Å²) in [5.41, 5.74) is 1.79. The first-order chi connectivity index (χ1) is 12.0. The maximum absolute atomic E-state index is 12.0. The molecule has 0 radical (unpaired) electrons. The minimum atomic E-state index is -1.10. The molecule has 5 heteroatoms. The molecule has 0 unspecified atom stereocenters. The molecule has 2 N–H and O–H groups in total. The predicted molar refractivity (Wildman–Crippen MR) is 96.2 cm³/mol. The quantitative estimate of drug-likeness (QED) is 0.742. The molecular weight excluding hydrogens is 318 g/mol. The number of aromatic carboxylic acids is 1. The van der Waals surface area contributed by atoms with E-state index in [-0.39, 0.29) is 23.8 Å². The number of carbonyl (C=O) groups excluding carboxylic acids is 1. The lowest BCUT2D eigenvalue weighted by Crippen LogP contribution is -2.20. The first kappa shape index (κ1) is 16.5. The summed E-state index contributed by atoms with van der Waals surface area (Å²) in [5, 5.41) is 13.7. The number of anilines is 1. The summed E-state index contributed by atoms with van der Waals surface area (Å²) in [5.74, 6) is -1.28. The summed E-state index contributed by atoms with van der Waals surface area (Å²) in [6, 6.07) is 17.9. The number of hydrogen-bond donors (Lipinski definition) is 2. The van der Waals surface area contributed by atoms with Crippen molar-refractivity contribution in [1.29, 1.82) is 0 Å². The van der Waals surface area contributed by atoms with Gasteiger partial charge in [0.1, 0.15) is 11.3 Å². The average molecular weight is 335 g/mol. The van der Waals surface area contributed by atoms with Crippen LogP contribution in [0.15, 0.2) is 60.7 Å². The number of hydrogen-bond acceptors (Lipinski definition) is 3. The third kappa shape index (κ3) is 3.95. The number of ether oxygens (including phenoxy) is 1. The number of nitrogens with one attached hydrogen (secondary N) is 1. The average Bonchev–Trinajstić information content (AvgIpc) is 2.61. The molecule has 0 aromatic heterocycles. The first-order valence-corrected chi connectivity index (χ1v) is 7.78. The summed E-state index contributed by atoms with van der Waals surface area (Å²) in [6.45, 7) is 1.69. The van der Waals surface area contributed by atoms with Crippen molar-refractivity contribution in [2.24, 2.45) is 0 Å². The molecule has 0 spiro atoms. The molecule has 0 aliphatic heterocycles. The molecule has 3 aromatic rings. The van der Waals surface area contributed by atoms with Crippen LogP contribution in [0.4, 0.5) is 5.69 Å². The van der Waals surface area contributed by atoms with Gasteiger partial charge in [-0.05, 0) is 42.0 Å². The smallest absolute Gasteiger partial charge is 0.339 e. The second kappa shape index (κ2) is 7.05. The van der Waals surface area contributed by atoms with Crippen molar-refractivity contribution < 1.29 is 19.4 Å². The van der Waals surface area contributed by atoms with Gasteiger partial charge < -0.3 is 15.2 Å². The van der Waals surface area contributed by atoms with E-state index >= 15 is 0 Å². The molecule has 126 valence electrons. The zero-order valence-corrected chi connectivity index (χ0v) is 13.7. The monoisotopic (exact) mass is 335 g/mol. The van der Waals surface area contributed by atoms with Gasteiger partial charge in [-0.3, -0.25) is 4.79 Å². The third-order valence-corrected chi connectivity index (χ3v) is 3.77. The van der Waals surface area contributed by atoms with Crippen LogP contribution < -0.4 is 10.1 Å². The van der Waals surface area contributed by atoms with E-state index in [2.05, 4.69) is 5.32 Å². The van der Waals surface area contributed by atoms with Crippen LogP contribution in [-0.2, 0) is 4.79 Å². The van der Waals surface area contributed by atoms with E-state index in [1.807, 2.05) is 43.3 Å². The fraction of sp³-hybridized carbons (Fsp3) is 0.100. The van der Waals surface area contributed by atoms with E-state index in [4.69, 9.17) is 4.74 Å². The molecule has 0 aliphatic rings. The topological polar surface area (TPSA) is 75.6 Å². The highest BCUT2D eigenvalue weighted by Crippen LogP contribution is 2.26. The molecule has 3 aromatic carbocycles. The zero-order valence-electron chi connectivity index (χ0n) is 13.7. The van der Waals surface area contributed by atoms with Crippen LogP contribution in [0.2, 0.25) is 0 Å². The van der Waals surface area contributed by atoms with E-state index in [0.717, 1.165) is 16.3 Å². The van der Waals surface area contributed by atoms with Gasteiger partial charge in [0.2, 0.25) is 0 Å². The molecule has 3 rings (SSSR count). The number of carboxylic acids is 1.